The van der Waals surface area contributed by atoms with E-state index in [0.717, 1.165) is 30.0 Å². The predicted molar refractivity (Wildman–Crippen MR) is 113 cm³/mol. The third-order valence-electron chi connectivity index (χ3n) is 5.29. The molecule has 142 valence electrons. The highest BCUT2D eigenvalue weighted by Crippen LogP contribution is 2.46. The summed E-state index contributed by atoms with van der Waals surface area (Å²) in [6, 6.07) is 15.9. The first kappa shape index (κ1) is 20.0. The van der Waals surface area contributed by atoms with Crippen molar-refractivity contribution in [2.45, 2.75) is 38.1 Å². The Bertz CT molecular complexity index is 802. The molecule has 1 heterocycles. The Hall–Kier alpha value is -1.77. The third-order valence-corrected chi connectivity index (χ3v) is 5.78. The minimum Gasteiger partial charge on any atom is -0.335 e. The molecular formula is C23H25Cl2NO. The molecule has 1 aliphatic heterocycles. The van der Waals surface area contributed by atoms with Crippen LogP contribution in [0.15, 0.2) is 61.2 Å². The largest absolute Gasteiger partial charge is 0.335 e. The molecule has 2 nitrogen and oxygen atoms in total. The second-order valence-electron chi connectivity index (χ2n) is 7.15. The minimum atomic E-state index is -0.0402. The number of rotatable bonds is 6. The fourth-order valence-corrected chi connectivity index (χ4v) is 4.47. The molecule has 0 N–H and O–H groups in total. The van der Waals surface area contributed by atoms with Gasteiger partial charge in [0.2, 0.25) is 5.91 Å². The highest BCUT2D eigenvalue weighted by atomic mass is 35.5. The van der Waals surface area contributed by atoms with E-state index in [1.165, 1.54) is 5.56 Å². The lowest BCUT2D eigenvalue weighted by Gasteiger charge is -2.45. The van der Waals surface area contributed by atoms with Gasteiger partial charge in [-0.3, -0.25) is 4.79 Å². The molecule has 0 radical (unpaired) electrons. The SMILES string of the molecule is C=CC[C@@H]1C[C@H](c2cccc(Cl)c2)[C@@H](c2ccc(Cl)cc2)N(CCC)C1=O. The zero-order valence-electron chi connectivity index (χ0n) is 15.6. The summed E-state index contributed by atoms with van der Waals surface area (Å²) in [5, 5.41) is 1.42. The Morgan fingerprint density at radius 3 is 2.48 bits per heavy atom. The molecule has 27 heavy (non-hydrogen) atoms. The van der Waals surface area contributed by atoms with E-state index < -0.39 is 0 Å². The molecule has 2 aromatic rings. The van der Waals surface area contributed by atoms with Crippen LogP contribution in [0.1, 0.15) is 49.3 Å². The molecule has 3 rings (SSSR count). The summed E-state index contributed by atoms with van der Waals surface area (Å²) >= 11 is 12.4. The van der Waals surface area contributed by atoms with Crippen LogP contribution in [0.3, 0.4) is 0 Å². The van der Waals surface area contributed by atoms with Crippen LogP contribution < -0.4 is 0 Å². The molecular weight excluding hydrogens is 377 g/mol. The molecule has 1 fully saturated rings. The van der Waals surface area contributed by atoms with E-state index in [1.54, 1.807) is 0 Å². The maximum Gasteiger partial charge on any atom is 0.226 e. The number of carbonyl (C=O) groups is 1. The van der Waals surface area contributed by atoms with Crippen LogP contribution in [0.4, 0.5) is 0 Å². The zero-order chi connectivity index (χ0) is 19.4. The number of carbonyl (C=O) groups excluding carboxylic acids is 1. The van der Waals surface area contributed by atoms with Crippen molar-refractivity contribution in [1.29, 1.82) is 0 Å². The average Bonchev–Trinajstić information content (AvgIpc) is 2.66. The first-order chi connectivity index (χ1) is 13.0. The Kier molecular flexibility index (Phi) is 6.62. The van der Waals surface area contributed by atoms with Gasteiger partial charge in [-0.25, -0.2) is 0 Å². The molecule has 0 unspecified atom stereocenters. The van der Waals surface area contributed by atoms with E-state index in [1.807, 2.05) is 53.4 Å². The van der Waals surface area contributed by atoms with Gasteiger partial charge in [0, 0.05) is 28.4 Å². The van der Waals surface area contributed by atoms with Crippen LogP contribution >= 0.6 is 23.2 Å². The standard InChI is InChI=1S/C23H25Cl2NO/c1-3-6-18-15-21(17-7-5-8-20(25)14-17)22(26(13-4-2)23(18)27)16-9-11-19(24)12-10-16/h3,5,7-12,14,18,21-22H,1,4,6,13,15H2,2H3/t18-,21-,22-/m1/s1. The maximum atomic E-state index is 13.2. The van der Waals surface area contributed by atoms with Gasteiger partial charge in [-0.05, 0) is 54.7 Å². The van der Waals surface area contributed by atoms with Gasteiger partial charge in [0.05, 0.1) is 6.04 Å². The zero-order valence-corrected chi connectivity index (χ0v) is 17.1. The summed E-state index contributed by atoms with van der Waals surface area (Å²) < 4.78 is 0. The van der Waals surface area contributed by atoms with Gasteiger partial charge in [-0.15, -0.1) is 6.58 Å². The molecule has 0 bridgehead atoms. The molecule has 1 saturated heterocycles. The van der Waals surface area contributed by atoms with E-state index in [0.29, 0.717) is 11.4 Å². The van der Waals surface area contributed by atoms with Gasteiger partial charge in [-0.2, -0.15) is 0 Å². The quantitative estimate of drug-likeness (QED) is 0.495. The Morgan fingerprint density at radius 1 is 1.11 bits per heavy atom. The van der Waals surface area contributed by atoms with Crippen molar-refractivity contribution < 1.29 is 4.79 Å². The van der Waals surface area contributed by atoms with Crippen molar-refractivity contribution in [3.8, 4) is 0 Å². The molecule has 1 aliphatic rings. The normalized spacial score (nSPS) is 22.7. The first-order valence-corrected chi connectivity index (χ1v) is 10.2. The molecule has 2 aromatic carbocycles. The lowest BCUT2D eigenvalue weighted by atomic mass is 9.75. The first-order valence-electron chi connectivity index (χ1n) is 9.47. The number of hydrogen-bond acceptors (Lipinski definition) is 1. The van der Waals surface area contributed by atoms with Crippen molar-refractivity contribution in [3.63, 3.8) is 0 Å². The van der Waals surface area contributed by atoms with E-state index in [-0.39, 0.29) is 23.8 Å². The molecule has 0 aromatic heterocycles. The molecule has 3 atom stereocenters. The lowest BCUT2D eigenvalue weighted by Crippen LogP contribution is -2.47. The van der Waals surface area contributed by atoms with Crippen molar-refractivity contribution in [3.05, 3.63) is 82.4 Å². The van der Waals surface area contributed by atoms with Crippen LogP contribution in [0.2, 0.25) is 10.0 Å². The van der Waals surface area contributed by atoms with Crippen molar-refractivity contribution in [2.24, 2.45) is 5.92 Å². The Labute approximate surface area is 171 Å². The number of likely N-dealkylation sites (tertiary alicyclic amines) is 1. The lowest BCUT2D eigenvalue weighted by molar-refractivity contribution is -0.143. The molecule has 0 saturated carbocycles. The van der Waals surface area contributed by atoms with Gasteiger partial charge < -0.3 is 4.90 Å². The molecule has 0 spiro atoms. The second-order valence-corrected chi connectivity index (χ2v) is 8.02. The van der Waals surface area contributed by atoms with Gasteiger partial charge >= 0.3 is 0 Å². The minimum absolute atomic E-state index is 0.0192. The van der Waals surface area contributed by atoms with Gasteiger partial charge in [0.1, 0.15) is 0 Å². The fraction of sp³-hybridized carbons (Fsp3) is 0.348. The summed E-state index contributed by atoms with van der Waals surface area (Å²) in [7, 11) is 0. The number of piperidine rings is 1. The predicted octanol–water partition coefficient (Wildman–Crippen LogP) is 6.65. The number of hydrogen-bond donors (Lipinski definition) is 0. The van der Waals surface area contributed by atoms with Crippen LogP contribution in [-0.2, 0) is 4.79 Å². The second kappa shape index (κ2) is 8.95. The summed E-state index contributed by atoms with van der Waals surface area (Å²) in [6.45, 7) is 6.69. The molecule has 1 amide bonds. The summed E-state index contributed by atoms with van der Waals surface area (Å²) in [6.07, 6.45) is 4.26. The van der Waals surface area contributed by atoms with E-state index in [9.17, 15) is 4.79 Å². The van der Waals surface area contributed by atoms with Gasteiger partial charge in [-0.1, -0.05) is 60.5 Å². The van der Waals surface area contributed by atoms with Crippen molar-refractivity contribution in [1.82, 2.24) is 4.90 Å². The van der Waals surface area contributed by atoms with E-state index in [4.69, 9.17) is 23.2 Å². The van der Waals surface area contributed by atoms with Crippen LogP contribution in [-0.4, -0.2) is 17.4 Å². The molecule has 0 aliphatic carbocycles. The van der Waals surface area contributed by atoms with E-state index >= 15 is 0 Å². The average molecular weight is 402 g/mol. The summed E-state index contributed by atoms with van der Waals surface area (Å²) in [5.74, 6) is 0.357. The smallest absolute Gasteiger partial charge is 0.226 e. The number of halogens is 2. The van der Waals surface area contributed by atoms with Gasteiger partial charge in [0.15, 0.2) is 0 Å². The Morgan fingerprint density at radius 2 is 1.85 bits per heavy atom. The fourth-order valence-electron chi connectivity index (χ4n) is 4.14. The van der Waals surface area contributed by atoms with Crippen LogP contribution in [0.5, 0.6) is 0 Å². The van der Waals surface area contributed by atoms with E-state index in [2.05, 4.69) is 19.6 Å². The number of amides is 1. The summed E-state index contributed by atoms with van der Waals surface area (Å²) in [5.41, 5.74) is 2.29. The topological polar surface area (TPSA) is 20.3 Å². The number of allylic oxidation sites excluding steroid dienone is 1. The van der Waals surface area contributed by atoms with Crippen LogP contribution in [0.25, 0.3) is 0 Å². The highest BCUT2D eigenvalue weighted by Gasteiger charge is 2.42. The third kappa shape index (κ3) is 4.39. The monoisotopic (exact) mass is 401 g/mol. The molecule has 4 heteroatoms. The number of nitrogens with zero attached hydrogens (tertiary/aromatic N) is 1. The highest BCUT2D eigenvalue weighted by molar-refractivity contribution is 6.30. The van der Waals surface area contributed by atoms with Crippen molar-refractivity contribution in [2.75, 3.05) is 6.54 Å². The van der Waals surface area contributed by atoms with Gasteiger partial charge in [0.25, 0.3) is 0 Å². The Balaban J connectivity index is 2.09. The number of benzene rings is 2. The maximum absolute atomic E-state index is 13.2. The summed E-state index contributed by atoms with van der Waals surface area (Å²) in [4.78, 5) is 15.3. The van der Waals surface area contributed by atoms with Crippen molar-refractivity contribution >= 4 is 29.1 Å². The van der Waals surface area contributed by atoms with Crippen LogP contribution in [0, 0.1) is 5.92 Å².